The van der Waals surface area contributed by atoms with Gasteiger partial charge in [-0.25, -0.2) is 4.98 Å². The highest BCUT2D eigenvalue weighted by molar-refractivity contribution is 7.16. The lowest BCUT2D eigenvalue weighted by Crippen LogP contribution is -2.29. The topological polar surface area (TPSA) is 71.3 Å². The molecule has 1 aromatic carbocycles. The zero-order chi connectivity index (χ0) is 14.0. The summed E-state index contributed by atoms with van der Waals surface area (Å²) in [4.78, 5) is 17.0. The molecule has 0 amide bonds. The summed E-state index contributed by atoms with van der Waals surface area (Å²) in [5.74, 6) is 0. The molecule has 7 heteroatoms. The maximum Gasteiger partial charge on any atom is 0.319 e. The molecule has 0 saturated heterocycles. The molecule has 0 aliphatic heterocycles. The first-order valence-corrected chi connectivity index (χ1v) is 6.79. The number of thiazole rings is 1. The summed E-state index contributed by atoms with van der Waals surface area (Å²) in [6, 6.07) is 3.74. The van der Waals surface area contributed by atoms with Gasteiger partial charge in [-0.05, 0) is 33.2 Å². The molecule has 0 aliphatic rings. The molecule has 1 atom stereocenters. The third-order valence-electron chi connectivity index (χ3n) is 2.70. The monoisotopic (exact) mass is 280 g/mol. The van der Waals surface area contributed by atoms with Crippen LogP contribution in [0.25, 0.3) is 10.2 Å². The van der Waals surface area contributed by atoms with Gasteiger partial charge in [0, 0.05) is 12.6 Å². The highest BCUT2D eigenvalue weighted by Crippen LogP contribution is 2.34. The molecule has 0 aliphatic carbocycles. The van der Waals surface area contributed by atoms with E-state index in [1.54, 1.807) is 11.6 Å². The van der Waals surface area contributed by atoms with Gasteiger partial charge in [-0.15, -0.1) is 11.3 Å². The summed E-state index contributed by atoms with van der Waals surface area (Å²) in [6.07, 6.45) is 0. The number of benzene rings is 1. The van der Waals surface area contributed by atoms with Crippen molar-refractivity contribution < 1.29 is 4.92 Å². The van der Waals surface area contributed by atoms with Crippen molar-refractivity contribution in [1.29, 1.82) is 0 Å². The van der Waals surface area contributed by atoms with Gasteiger partial charge in [0.1, 0.15) is 5.69 Å². The molecule has 1 heterocycles. The summed E-state index contributed by atoms with van der Waals surface area (Å²) in [5.41, 5.74) is 2.67. The fraction of sp³-hybridized carbons (Fsp3) is 0.417. The fourth-order valence-electron chi connectivity index (χ4n) is 2.08. The van der Waals surface area contributed by atoms with Crippen molar-refractivity contribution in [2.45, 2.75) is 13.0 Å². The average molecular weight is 280 g/mol. The number of hydrogen-bond acceptors (Lipinski definition) is 6. The molecule has 102 valence electrons. The van der Waals surface area contributed by atoms with Gasteiger partial charge in [0.05, 0.1) is 15.1 Å². The fourth-order valence-corrected chi connectivity index (χ4v) is 2.76. The largest absolute Gasteiger partial charge is 0.376 e. The third kappa shape index (κ3) is 2.99. The third-order valence-corrected chi connectivity index (χ3v) is 3.49. The van der Waals surface area contributed by atoms with E-state index < -0.39 is 0 Å². The van der Waals surface area contributed by atoms with Crippen LogP contribution in [0.1, 0.15) is 6.92 Å². The van der Waals surface area contributed by atoms with Crippen LogP contribution in [0.15, 0.2) is 17.6 Å². The number of hydrogen-bond donors (Lipinski definition) is 1. The van der Waals surface area contributed by atoms with Crippen molar-refractivity contribution in [1.82, 2.24) is 9.88 Å². The van der Waals surface area contributed by atoms with Gasteiger partial charge in [-0.1, -0.05) is 0 Å². The van der Waals surface area contributed by atoms with E-state index in [1.165, 1.54) is 11.3 Å². The lowest BCUT2D eigenvalue weighted by molar-refractivity contribution is -0.382. The summed E-state index contributed by atoms with van der Waals surface area (Å²) < 4.78 is 0.831. The Bertz CT molecular complexity index is 596. The van der Waals surface area contributed by atoms with Crippen molar-refractivity contribution in [2.24, 2.45) is 0 Å². The number of nitro groups is 1. The number of nitro benzene ring substituents is 1. The molecule has 2 rings (SSSR count). The lowest BCUT2D eigenvalue weighted by Gasteiger charge is -2.19. The Labute approximate surface area is 115 Å². The van der Waals surface area contributed by atoms with Gasteiger partial charge in [-0.2, -0.15) is 0 Å². The Morgan fingerprint density at radius 2 is 2.26 bits per heavy atom. The molecule has 6 nitrogen and oxygen atoms in total. The minimum Gasteiger partial charge on any atom is -0.376 e. The van der Waals surface area contributed by atoms with Crippen LogP contribution in [0.4, 0.5) is 11.4 Å². The molecule has 1 aromatic heterocycles. The summed E-state index contributed by atoms with van der Waals surface area (Å²) in [7, 11) is 3.94. The standard InChI is InChI=1S/C12H16N4O2S/c1-8(6-15(2)3)14-9-4-5-10-11(13-7-19-10)12(9)16(17)18/h4-5,7-8,14H,6H2,1-3H3. The summed E-state index contributed by atoms with van der Waals surface area (Å²) in [6.45, 7) is 2.79. The van der Waals surface area contributed by atoms with Gasteiger partial charge in [0.2, 0.25) is 0 Å². The molecular formula is C12H16N4O2S. The quantitative estimate of drug-likeness (QED) is 0.673. The van der Waals surface area contributed by atoms with Crippen LogP contribution < -0.4 is 5.32 Å². The van der Waals surface area contributed by atoms with Gasteiger partial charge in [-0.3, -0.25) is 10.1 Å². The van der Waals surface area contributed by atoms with Crippen LogP contribution >= 0.6 is 11.3 Å². The molecule has 1 unspecified atom stereocenters. The van der Waals surface area contributed by atoms with Crippen LogP contribution in [0.2, 0.25) is 0 Å². The van der Waals surface area contributed by atoms with Gasteiger partial charge in [0.15, 0.2) is 5.52 Å². The van der Waals surface area contributed by atoms with E-state index in [1.807, 2.05) is 32.0 Å². The molecule has 19 heavy (non-hydrogen) atoms. The van der Waals surface area contributed by atoms with Crippen molar-refractivity contribution in [3.8, 4) is 0 Å². The van der Waals surface area contributed by atoms with E-state index in [4.69, 9.17) is 0 Å². The number of nitrogens with zero attached hydrogens (tertiary/aromatic N) is 3. The van der Waals surface area contributed by atoms with E-state index in [2.05, 4.69) is 10.3 Å². The molecule has 0 bridgehead atoms. The maximum absolute atomic E-state index is 11.3. The lowest BCUT2D eigenvalue weighted by atomic mass is 10.2. The zero-order valence-electron chi connectivity index (χ0n) is 11.1. The van der Waals surface area contributed by atoms with Crippen LogP contribution in [0.5, 0.6) is 0 Å². The Morgan fingerprint density at radius 1 is 1.53 bits per heavy atom. The molecular weight excluding hydrogens is 264 g/mol. The van der Waals surface area contributed by atoms with E-state index in [9.17, 15) is 10.1 Å². The van der Waals surface area contributed by atoms with Crippen LogP contribution in [0, 0.1) is 10.1 Å². The summed E-state index contributed by atoms with van der Waals surface area (Å²) >= 11 is 1.41. The number of anilines is 1. The normalized spacial score (nSPS) is 12.8. The first kappa shape index (κ1) is 13.7. The van der Waals surface area contributed by atoms with E-state index >= 15 is 0 Å². The van der Waals surface area contributed by atoms with E-state index in [0.717, 1.165) is 11.2 Å². The van der Waals surface area contributed by atoms with Crippen LogP contribution in [0.3, 0.4) is 0 Å². The number of nitrogens with one attached hydrogen (secondary N) is 1. The minimum absolute atomic E-state index is 0.0596. The van der Waals surface area contributed by atoms with E-state index in [0.29, 0.717) is 11.2 Å². The second kappa shape index (κ2) is 5.50. The van der Waals surface area contributed by atoms with Gasteiger partial charge >= 0.3 is 5.69 Å². The molecule has 0 spiro atoms. The first-order valence-electron chi connectivity index (χ1n) is 5.91. The smallest absolute Gasteiger partial charge is 0.319 e. The van der Waals surface area contributed by atoms with Crippen molar-refractivity contribution in [3.05, 3.63) is 27.8 Å². The summed E-state index contributed by atoms with van der Waals surface area (Å²) in [5, 5.41) is 14.4. The predicted octanol–water partition coefficient (Wildman–Crippen LogP) is 2.57. The second-order valence-electron chi connectivity index (χ2n) is 4.73. The number of fused-ring (bicyclic) bond motifs is 1. The average Bonchev–Trinajstić information content (AvgIpc) is 2.74. The van der Waals surface area contributed by atoms with Crippen molar-refractivity contribution in [2.75, 3.05) is 26.0 Å². The second-order valence-corrected chi connectivity index (χ2v) is 5.61. The Balaban J connectivity index is 2.36. The molecule has 1 N–H and O–H groups in total. The Kier molecular flexibility index (Phi) is 3.96. The highest BCUT2D eigenvalue weighted by atomic mass is 32.1. The molecule has 0 radical (unpaired) electrons. The number of aromatic nitrogens is 1. The Hall–Kier alpha value is -1.73. The van der Waals surface area contributed by atoms with Crippen molar-refractivity contribution in [3.63, 3.8) is 0 Å². The highest BCUT2D eigenvalue weighted by Gasteiger charge is 2.21. The molecule has 2 aromatic rings. The maximum atomic E-state index is 11.3. The first-order chi connectivity index (χ1) is 8.99. The van der Waals surface area contributed by atoms with Crippen LogP contribution in [-0.4, -0.2) is 41.5 Å². The van der Waals surface area contributed by atoms with Crippen molar-refractivity contribution >= 4 is 32.9 Å². The van der Waals surface area contributed by atoms with Crippen LogP contribution in [-0.2, 0) is 0 Å². The van der Waals surface area contributed by atoms with Gasteiger partial charge < -0.3 is 10.2 Å². The number of rotatable bonds is 5. The molecule has 0 saturated carbocycles. The predicted molar refractivity (Wildman–Crippen MR) is 77.9 cm³/mol. The minimum atomic E-state index is -0.368. The molecule has 0 fully saturated rings. The van der Waals surface area contributed by atoms with E-state index in [-0.39, 0.29) is 16.7 Å². The number of likely N-dealkylation sites (N-methyl/N-ethyl adjacent to an activating group) is 1. The SMILES string of the molecule is CC(CN(C)C)Nc1ccc2scnc2c1[N+](=O)[O-]. The zero-order valence-corrected chi connectivity index (χ0v) is 11.9. The van der Waals surface area contributed by atoms with Gasteiger partial charge in [0.25, 0.3) is 0 Å². The Morgan fingerprint density at radius 3 is 2.89 bits per heavy atom.